The standard InChI is InChI=1S/C25H23N3O/c1-18-9-5-6-12-20(18)21-13-7-15-27-17-22(26-24(21)27)23-14-8-16-28(23)25(29)19-10-3-2-4-11-19/h2-7,9-13,15,17,23H,8,14,16H2,1H3/t23-/m0/s1. The van der Waals surface area contributed by atoms with E-state index >= 15 is 0 Å². The van der Waals surface area contributed by atoms with E-state index in [1.54, 1.807) is 0 Å². The first-order chi connectivity index (χ1) is 14.2. The van der Waals surface area contributed by atoms with Crippen LogP contribution in [0.1, 0.15) is 40.5 Å². The van der Waals surface area contributed by atoms with E-state index in [0.29, 0.717) is 0 Å². The first-order valence-corrected chi connectivity index (χ1v) is 10.1. The minimum atomic E-state index is 0.0207. The van der Waals surface area contributed by atoms with E-state index in [9.17, 15) is 4.79 Å². The van der Waals surface area contributed by atoms with Crippen LogP contribution < -0.4 is 0 Å². The molecule has 144 valence electrons. The van der Waals surface area contributed by atoms with Gasteiger partial charge < -0.3 is 9.30 Å². The summed E-state index contributed by atoms with van der Waals surface area (Å²) in [6.45, 7) is 2.90. The third-order valence-electron chi connectivity index (χ3n) is 5.81. The average molecular weight is 381 g/mol. The van der Waals surface area contributed by atoms with Crippen molar-refractivity contribution in [2.75, 3.05) is 6.54 Å². The first kappa shape index (κ1) is 17.7. The normalized spacial score (nSPS) is 16.4. The van der Waals surface area contributed by atoms with Crippen molar-refractivity contribution in [2.24, 2.45) is 0 Å². The molecule has 4 aromatic rings. The molecule has 0 bridgehead atoms. The average Bonchev–Trinajstić information content (AvgIpc) is 3.41. The molecule has 0 aliphatic carbocycles. The van der Waals surface area contributed by atoms with Gasteiger partial charge in [-0.25, -0.2) is 4.98 Å². The zero-order valence-corrected chi connectivity index (χ0v) is 16.5. The van der Waals surface area contributed by atoms with Crippen molar-refractivity contribution >= 4 is 11.6 Å². The van der Waals surface area contributed by atoms with E-state index < -0.39 is 0 Å². The number of nitrogens with zero attached hydrogens (tertiary/aromatic N) is 3. The lowest BCUT2D eigenvalue weighted by Crippen LogP contribution is -2.30. The van der Waals surface area contributed by atoms with Gasteiger partial charge in [0, 0.05) is 30.1 Å². The molecule has 3 heterocycles. The van der Waals surface area contributed by atoms with E-state index in [1.165, 1.54) is 11.1 Å². The maximum absolute atomic E-state index is 13.1. The summed E-state index contributed by atoms with van der Waals surface area (Å²) in [7, 11) is 0. The summed E-state index contributed by atoms with van der Waals surface area (Å²) >= 11 is 0. The van der Waals surface area contributed by atoms with Gasteiger partial charge in [-0.2, -0.15) is 0 Å². The number of carbonyl (C=O) groups is 1. The molecule has 5 rings (SSSR count). The van der Waals surface area contributed by atoms with Crippen molar-refractivity contribution in [2.45, 2.75) is 25.8 Å². The van der Waals surface area contributed by atoms with Crippen LogP contribution >= 0.6 is 0 Å². The van der Waals surface area contributed by atoms with Crippen molar-refractivity contribution in [3.8, 4) is 11.1 Å². The van der Waals surface area contributed by atoms with Crippen molar-refractivity contribution in [1.29, 1.82) is 0 Å². The molecule has 0 saturated carbocycles. The van der Waals surface area contributed by atoms with Crippen molar-refractivity contribution < 1.29 is 4.79 Å². The van der Waals surface area contributed by atoms with Crippen molar-refractivity contribution in [3.63, 3.8) is 0 Å². The molecule has 2 aromatic heterocycles. The predicted octanol–water partition coefficient (Wildman–Crippen LogP) is 5.29. The number of aryl methyl sites for hydroxylation is 1. The highest BCUT2D eigenvalue weighted by atomic mass is 16.2. The Kier molecular flexibility index (Phi) is 4.39. The molecule has 1 fully saturated rings. The lowest BCUT2D eigenvalue weighted by Gasteiger charge is -2.23. The third kappa shape index (κ3) is 3.11. The molecule has 1 aliphatic heterocycles. The largest absolute Gasteiger partial charge is 0.330 e. The number of fused-ring (bicyclic) bond motifs is 1. The number of amides is 1. The molecule has 0 radical (unpaired) electrons. The first-order valence-electron chi connectivity index (χ1n) is 10.1. The van der Waals surface area contributed by atoms with Crippen molar-refractivity contribution in [3.05, 3.63) is 95.9 Å². The zero-order valence-electron chi connectivity index (χ0n) is 16.5. The second kappa shape index (κ2) is 7.21. The maximum Gasteiger partial charge on any atom is 0.254 e. The quantitative estimate of drug-likeness (QED) is 0.484. The van der Waals surface area contributed by atoms with E-state index in [4.69, 9.17) is 4.98 Å². The van der Waals surface area contributed by atoms with Crippen LogP contribution in [0.3, 0.4) is 0 Å². The number of pyridine rings is 1. The second-order valence-electron chi connectivity index (χ2n) is 7.66. The summed E-state index contributed by atoms with van der Waals surface area (Å²) in [4.78, 5) is 20.1. The minimum absolute atomic E-state index is 0.0207. The van der Waals surface area contributed by atoms with Gasteiger partial charge in [0.1, 0.15) is 5.65 Å². The number of imidazole rings is 1. The number of rotatable bonds is 3. The number of hydrogen-bond acceptors (Lipinski definition) is 2. The number of aromatic nitrogens is 2. The molecule has 0 unspecified atom stereocenters. The Morgan fingerprint density at radius 2 is 1.72 bits per heavy atom. The van der Waals surface area contributed by atoms with Crippen LogP contribution in [0.15, 0.2) is 79.1 Å². The Hall–Kier alpha value is -3.40. The van der Waals surface area contributed by atoms with Gasteiger partial charge in [-0.3, -0.25) is 4.79 Å². The van der Waals surface area contributed by atoms with Crippen LogP contribution in [0, 0.1) is 6.92 Å². The van der Waals surface area contributed by atoms with E-state index in [-0.39, 0.29) is 11.9 Å². The number of likely N-dealkylation sites (tertiary alicyclic amines) is 1. The molecule has 1 atom stereocenters. The highest BCUT2D eigenvalue weighted by molar-refractivity contribution is 5.94. The van der Waals surface area contributed by atoms with Crippen LogP contribution in [0.2, 0.25) is 0 Å². The van der Waals surface area contributed by atoms with E-state index in [2.05, 4.69) is 53.9 Å². The summed E-state index contributed by atoms with van der Waals surface area (Å²) in [6, 6.07) is 22.1. The Morgan fingerprint density at radius 3 is 2.55 bits per heavy atom. The fourth-order valence-corrected chi connectivity index (χ4v) is 4.34. The molecular weight excluding hydrogens is 358 g/mol. The lowest BCUT2D eigenvalue weighted by molar-refractivity contribution is 0.0733. The Morgan fingerprint density at radius 1 is 0.966 bits per heavy atom. The van der Waals surface area contributed by atoms with Crippen LogP contribution in [-0.2, 0) is 0 Å². The molecule has 0 N–H and O–H groups in total. The van der Waals surface area contributed by atoms with Crippen molar-refractivity contribution in [1.82, 2.24) is 14.3 Å². The molecule has 4 heteroatoms. The number of hydrogen-bond donors (Lipinski definition) is 0. The molecule has 0 spiro atoms. The van der Waals surface area contributed by atoms with E-state index in [0.717, 1.165) is 41.9 Å². The lowest BCUT2D eigenvalue weighted by atomic mass is 10.0. The molecule has 1 aliphatic rings. The van der Waals surface area contributed by atoms with Gasteiger partial charge >= 0.3 is 0 Å². The number of benzene rings is 2. The summed E-state index contributed by atoms with van der Waals surface area (Å²) in [5.41, 5.74) is 6.19. The van der Waals surface area contributed by atoms with Gasteiger partial charge in [0.15, 0.2) is 0 Å². The van der Waals surface area contributed by atoms with Crippen LogP contribution in [0.5, 0.6) is 0 Å². The highest BCUT2D eigenvalue weighted by Gasteiger charge is 2.32. The van der Waals surface area contributed by atoms with Gasteiger partial charge in [0.2, 0.25) is 0 Å². The van der Waals surface area contributed by atoms with Crippen LogP contribution in [0.25, 0.3) is 16.8 Å². The molecular formula is C25H23N3O. The molecule has 1 saturated heterocycles. The highest BCUT2D eigenvalue weighted by Crippen LogP contribution is 2.34. The summed E-state index contributed by atoms with van der Waals surface area (Å²) in [6.07, 6.45) is 6.06. The molecule has 1 amide bonds. The van der Waals surface area contributed by atoms with Gasteiger partial charge in [0.05, 0.1) is 11.7 Å². The Bertz CT molecular complexity index is 1180. The fraction of sp³-hybridized carbons (Fsp3) is 0.200. The zero-order chi connectivity index (χ0) is 19.8. The SMILES string of the molecule is Cc1ccccc1-c1cccn2cc([C@@H]3CCCN3C(=O)c3ccccc3)nc12. The minimum Gasteiger partial charge on any atom is -0.330 e. The molecule has 29 heavy (non-hydrogen) atoms. The fourth-order valence-electron chi connectivity index (χ4n) is 4.34. The molecule has 2 aromatic carbocycles. The van der Waals surface area contributed by atoms with Crippen LogP contribution in [0.4, 0.5) is 0 Å². The topological polar surface area (TPSA) is 37.6 Å². The maximum atomic E-state index is 13.1. The van der Waals surface area contributed by atoms with Gasteiger partial charge in [-0.1, -0.05) is 42.5 Å². The van der Waals surface area contributed by atoms with Gasteiger partial charge in [-0.15, -0.1) is 0 Å². The third-order valence-corrected chi connectivity index (χ3v) is 5.81. The summed E-state index contributed by atoms with van der Waals surface area (Å²) in [5, 5.41) is 0. The van der Waals surface area contributed by atoms with Gasteiger partial charge in [-0.05, 0) is 55.2 Å². The van der Waals surface area contributed by atoms with E-state index in [1.807, 2.05) is 41.4 Å². The van der Waals surface area contributed by atoms with Gasteiger partial charge in [0.25, 0.3) is 5.91 Å². The summed E-state index contributed by atoms with van der Waals surface area (Å²) in [5.74, 6) is 0.0873. The smallest absolute Gasteiger partial charge is 0.254 e. The monoisotopic (exact) mass is 381 g/mol. The summed E-state index contributed by atoms with van der Waals surface area (Å²) < 4.78 is 2.08. The number of carbonyl (C=O) groups excluding carboxylic acids is 1. The van der Waals surface area contributed by atoms with Crippen LogP contribution in [-0.4, -0.2) is 26.7 Å². The Labute approximate surface area is 170 Å². The molecule has 4 nitrogen and oxygen atoms in total. The Balaban J connectivity index is 1.55. The second-order valence-corrected chi connectivity index (χ2v) is 7.66. The predicted molar refractivity (Wildman–Crippen MR) is 115 cm³/mol.